The molecule has 0 N–H and O–H groups in total. The molecular formula is C24H28FN3O. The van der Waals surface area contributed by atoms with E-state index in [1.165, 1.54) is 38.2 Å². The molecule has 0 spiro atoms. The van der Waals surface area contributed by atoms with Crippen LogP contribution in [0, 0.1) is 17.1 Å². The summed E-state index contributed by atoms with van der Waals surface area (Å²) in [4.78, 5) is 7.38. The number of nitriles is 1. The summed E-state index contributed by atoms with van der Waals surface area (Å²) in [5.41, 5.74) is 1.81. The number of hydrogen-bond donors (Lipinski definition) is 0. The Morgan fingerprint density at radius 3 is 2.59 bits per heavy atom. The topological polar surface area (TPSA) is 49.1 Å². The summed E-state index contributed by atoms with van der Waals surface area (Å²) >= 11 is 0. The van der Waals surface area contributed by atoms with Crippen LogP contribution in [-0.4, -0.2) is 29.0 Å². The summed E-state index contributed by atoms with van der Waals surface area (Å²) < 4.78 is 19.8. The van der Waals surface area contributed by atoms with E-state index in [4.69, 9.17) is 15.0 Å². The highest BCUT2D eigenvalue weighted by Crippen LogP contribution is 2.32. The molecule has 2 aliphatic rings. The third-order valence-corrected chi connectivity index (χ3v) is 6.34. The van der Waals surface area contributed by atoms with E-state index in [9.17, 15) is 4.39 Å². The fourth-order valence-electron chi connectivity index (χ4n) is 4.63. The zero-order valence-corrected chi connectivity index (χ0v) is 16.8. The molecule has 1 aliphatic carbocycles. The average Bonchev–Trinajstić information content (AvgIpc) is 2.79. The van der Waals surface area contributed by atoms with Crippen molar-refractivity contribution < 1.29 is 9.13 Å². The van der Waals surface area contributed by atoms with Crippen LogP contribution >= 0.6 is 0 Å². The Kier molecular flexibility index (Phi) is 6.41. The van der Waals surface area contributed by atoms with Gasteiger partial charge in [-0.2, -0.15) is 5.26 Å². The van der Waals surface area contributed by atoms with Gasteiger partial charge in [0.15, 0.2) is 0 Å². The van der Waals surface area contributed by atoms with Crippen LogP contribution in [-0.2, 0) is 6.61 Å². The molecule has 1 aromatic carbocycles. The number of nitrogens with zero attached hydrogens (tertiary/aromatic N) is 3. The van der Waals surface area contributed by atoms with Gasteiger partial charge in [0.1, 0.15) is 12.4 Å². The van der Waals surface area contributed by atoms with Crippen molar-refractivity contribution in [3.63, 3.8) is 0 Å². The smallest absolute Gasteiger partial charge is 0.213 e. The number of halogens is 1. The highest BCUT2D eigenvalue weighted by molar-refractivity contribution is 5.32. The molecule has 0 radical (unpaired) electrons. The average molecular weight is 394 g/mol. The first kappa shape index (κ1) is 19.8. The fourth-order valence-corrected chi connectivity index (χ4v) is 4.63. The van der Waals surface area contributed by atoms with Crippen molar-refractivity contribution in [2.45, 2.75) is 63.5 Å². The van der Waals surface area contributed by atoms with Crippen molar-refractivity contribution in [1.29, 1.82) is 5.26 Å². The molecule has 2 aromatic rings. The van der Waals surface area contributed by atoms with Gasteiger partial charge < -0.3 is 9.64 Å². The van der Waals surface area contributed by atoms with Crippen molar-refractivity contribution in [3.05, 3.63) is 59.0 Å². The van der Waals surface area contributed by atoms with E-state index < -0.39 is 5.82 Å². The Hall–Kier alpha value is -2.45. The predicted molar refractivity (Wildman–Crippen MR) is 110 cm³/mol. The summed E-state index contributed by atoms with van der Waals surface area (Å²) in [5, 5.41) is 8.84. The molecule has 1 aromatic heterocycles. The lowest BCUT2D eigenvalue weighted by molar-refractivity contribution is 0.121. The lowest BCUT2D eigenvalue weighted by Gasteiger charge is -2.39. The van der Waals surface area contributed by atoms with Crippen LogP contribution < -0.4 is 4.74 Å². The number of likely N-dealkylation sites (tertiary alicyclic amines) is 1. The van der Waals surface area contributed by atoms with Gasteiger partial charge in [0.05, 0.1) is 11.6 Å². The number of hydrogen-bond acceptors (Lipinski definition) is 4. The second-order valence-electron chi connectivity index (χ2n) is 8.21. The van der Waals surface area contributed by atoms with E-state index in [1.54, 1.807) is 12.1 Å². The van der Waals surface area contributed by atoms with Gasteiger partial charge >= 0.3 is 0 Å². The number of benzene rings is 1. The van der Waals surface area contributed by atoms with Crippen LogP contribution in [0.4, 0.5) is 4.39 Å². The third kappa shape index (κ3) is 4.94. The lowest BCUT2D eigenvalue weighted by atomic mass is 9.88. The summed E-state index contributed by atoms with van der Waals surface area (Å²) in [6, 6.07) is 13.0. The van der Waals surface area contributed by atoms with Gasteiger partial charge in [-0.3, -0.25) is 0 Å². The maximum absolute atomic E-state index is 14.0. The van der Waals surface area contributed by atoms with E-state index in [0.29, 0.717) is 22.9 Å². The lowest BCUT2D eigenvalue weighted by Crippen LogP contribution is -2.42. The Balaban J connectivity index is 1.34. The minimum atomic E-state index is -0.421. The molecule has 0 bridgehead atoms. The van der Waals surface area contributed by atoms with Crippen molar-refractivity contribution in [3.8, 4) is 11.9 Å². The number of rotatable bonds is 5. The van der Waals surface area contributed by atoms with Gasteiger partial charge in [-0.05, 0) is 57.0 Å². The third-order valence-electron chi connectivity index (χ3n) is 6.34. The van der Waals surface area contributed by atoms with Crippen LogP contribution in [0.1, 0.15) is 67.7 Å². The molecule has 4 nitrogen and oxygen atoms in total. The molecule has 1 saturated carbocycles. The predicted octanol–water partition coefficient (Wildman–Crippen LogP) is 5.18. The first-order valence-corrected chi connectivity index (χ1v) is 10.8. The van der Waals surface area contributed by atoms with E-state index in [-0.39, 0.29) is 6.61 Å². The molecule has 2 fully saturated rings. The molecular weight excluding hydrogens is 365 g/mol. The van der Waals surface area contributed by atoms with E-state index in [0.717, 1.165) is 37.7 Å². The molecule has 5 heteroatoms. The summed E-state index contributed by atoms with van der Waals surface area (Å²) in [7, 11) is 0. The Morgan fingerprint density at radius 1 is 1.07 bits per heavy atom. The molecule has 1 aliphatic heterocycles. The van der Waals surface area contributed by atoms with Crippen LogP contribution in [0.2, 0.25) is 0 Å². The fraction of sp³-hybridized carbons (Fsp3) is 0.500. The number of pyridine rings is 1. The first-order valence-electron chi connectivity index (χ1n) is 10.8. The molecule has 2 heterocycles. The summed E-state index contributed by atoms with van der Waals surface area (Å²) in [5.74, 6) is 0.571. The number of piperidine rings is 1. The minimum Gasteiger partial charge on any atom is -0.473 e. The molecule has 4 rings (SSSR count). The van der Waals surface area contributed by atoms with Crippen LogP contribution in [0.3, 0.4) is 0 Å². The molecule has 29 heavy (non-hydrogen) atoms. The number of ether oxygens (including phenoxy) is 1. The Labute approximate surface area is 172 Å². The molecule has 0 amide bonds. The quantitative estimate of drug-likeness (QED) is 0.702. The van der Waals surface area contributed by atoms with Crippen molar-refractivity contribution >= 4 is 0 Å². The Bertz CT molecular complexity index is 865. The second kappa shape index (κ2) is 9.37. The maximum Gasteiger partial charge on any atom is 0.213 e. The zero-order valence-electron chi connectivity index (χ0n) is 16.8. The standard InChI is InChI=1S/C24H28FN3O/c25-22-15-18(16-26)9-10-20(22)17-29-24-8-4-7-23(27-24)19-11-13-28(14-12-19)21-5-2-1-3-6-21/h4,7-10,15,19,21H,1-3,5-6,11-14,17H2. The highest BCUT2D eigenvalue weighted by atomic mass is 19.1. The SMILES string of the molecule is N#Cc1ccc(COc2cccc(C3CCN(C4CCCCC4)CC3)n2)c(F)c1. The molecule has 0 atom stereocenters. The highest BCUT2D eigenvalue weighted by Gasteiger charge is 2.27. The van der Waals surface area contributed by atoms with Crippen molar-refractivity contribution in [2.24, 2.45) is 0 Å². The normalized spacial score (nSPS) is 19.0. The minimum absolute atomic E-state index is 0.105. The zero-order chi connectivity index (χ0) is 20.1. The first-order chi connectivity index (χ1) is 14.2. The van der Waals surface area contributed by atoms with E-state index in [1.807, 2.05) is 18.2 Å². The van der Waals surface area contributed by atoms with Crippen LogP contribution in [0.25, 0.3) is 0 Å². The van der Waals surface area contributed by atoms with Crippen molar-refractivity contribution in [1.82, 2.24) is 9.88 Å². The molecule has 1 saturated heterocycles. The van der Waals surface area contributed by atoms with Gasteiger partial charge in [-0.25, -0.2) is 9.37 Å². The number of aromatic nitrogens is 1. The van der Waals surface area contributed by atoms with Gasteiger partial charge in [0.25, 0.3) is 0 Å². The summed E-state index contributed by atoms with van der Waals surface area (Å²) in [6.45, 7) is 2.41. The van der Waals surface area contributed by atoms with E-state index >= 15 is 0 Å². The monoisotopic (exact) mass is 393 g/mol. The van der Waals surface area contributed by atoms with Crippen molar-refractivity contribution in [2.75, 3.05) is 13.1 Å². The maximum atomic E-state index is 14.0. The largest absolute Gasteiger partial charge is 0.473 e. The molecule has 152 valence electrons. The second-order valence-corrected chi connectivity index (χ2v) is 8.21. The van der Waals surface area contributed by atoms with Gasteiger partial charge in [-0.1, -0.05) is 31.4 Å². The summed E-state index contributed by atoms with van der Waals surface area (Å²) in [6.07, 6.45) is 9.15. The van der Waals surface area contributed by atoms with E-state index in [2.05, 4.69) is 11.0 Å². The van der Waals surface area contributed by atoms with Crippen LogP contribution in [0.15, 0.2) is 36.4 Å². The Morgan fingerprint density at radius 2 is 1.86 bits per heavy atom. The van der Waals surface area contributed by atoms with Gasteiger partial charge in [0, 0.05) is 29.3 Å². The molecule has 0 unspecified atom stereocenters. The van der Waals surface area contributed by atoms with Gasteiger partial charge in [-0.15, -0.1) is 0 Å². The van der Waals surface area contributed by atoms with Crippen LogP contribution in [0.5, 0.6) is 5.88 Å². The van der Waals surface area contributed by atoms with Gasteiger partial charge in [0.2, 0.25) is 5.88 Å².